The van der Waals surface area contributed by atoms with E-state index < -0.39 is 8.32 Å². The van der Waals surface area contributed by atoms with Crippen LogP contribution in [0.25, 0.3) is 0 Å². The van der Waals surface area contributed by atoms with Crippen molar-refractivity contribution in [3.8, 4) is 0 Å². The molecule has 0 fully saturated rings. The Bertz CT molecular complexity index is 542. The van der Waals surface area contributed by atoms with Crippen LogP contribution in [0.2, 0.25) is 6.55 Å². The quantitative estimate of drug-likeness (QED) is 0.315. The van der Waals surface area contributed by atoms with Crippen LogP contribution in [0.4, 0.5) is 0 Å². The maximum absolute atomic E-state index is 6.60. The monoisotopic (exact) mass is 368 g/mol. The summed E-state index contributed by atoms with van der Waals surface area (Å²) in [7, 11) is -2.09. The van der Waals surface area contributed by atoms with Crippen LogP contribution >= 0.6 is 0 Å². The molecule has 2 aromatic carbocycles. The van der Waals surface area contributed by atoms with E-state index in [1.807, 2.05) is 0 Å². The van der Waals surface area contributed by atoms with Crippen LogP contribution in [0, 0.1) is 0 Å². The van der Waals surface area contributed by atoms with Crippen LogP contribution in [0.3, 0.4) is 0 Å². The third kappa shape index (κ3) is 6.73. The molecule has 0 spiro atoms. The van der Waals surface area contributed by atoms with Crippen molar-refractivity contribution >= 4 is 18.7 Å². The SMILES string of the molecule is CCCCCCCCCCCO[Si](C)(c1ccccc1)c1ccccc1. The normalized spacial score (nSPS) is 11.6. The summed E-state index contributed by atoms with van der Waals surface area (Å²) in [4.78, 5) is 0. The lowest BCUT2D eigenvalue weighted by Crippen LogP contribution is -2.58. The minimum Gasteiger partial charge on any atom is -0.408 e. The molecule has 0 unspecified atom stereocenters. The molecule has 0 atom stereocenters. The van der Waals surface area contributed by atoms with E-state index in [1.54, 1.807) is 0 Å². The van der Waals surface area contributed by atoms with Gasteiger partial charge in [-0.2, -0.15) is 0 Å². The Labute approximate surface area is 161 Å². The highest BCUT2D eigenvalue weighted by molar-refractivity contribution is 6.96. The first-order valence-corrected chi connectivity index (χ1v) is 12.9. The molecule has 0 aliphatic heterocycles. The minimum atomic E-state index is -2.09. The lowest BCUT2D eigenvalue weighted by Gasteiger charge is -2.28. The average molecular weight is 369 g/mol. The van der Waals surface area contributed by atoms with Gasteiger partial charge in [0.1, 0.15) is 0 Å². The Morgan fingerprint density at radius 2 is 1.04 bits per heavy atom. The molecule has 0 heterocycles. The Hall–Kier alpha value is -1.38. The van der Waals surface area contributed by atoms with Gasteiger partial charge in [-0.15, -0.1) is 0 Å². The Morgan fingerprint density at radius 1 is 0.615 bits per heavy atom. The first-order valence-electron chi connectivity index (χ1n) is 10.5. The highest BCUT2D eigenvalue weighted by Gasteiger charge is 2.33. The predicted molar refractivity (Wildman–Crippen MR) is 117 cm³/mol. The van der Waals surface area contributed by atoms with Crippen molar-refractivity contribution in [2.45, 2.75) is 71.3 Å². The van der Waals surface area contributed by atoms with Crippen molar-refractivity contribution in [2.75, 3.05) is 6.61 Å². The fourth-order valence-electron chi connectivity index (χ4n) is 3.53. The first kappa shape index (κ1) is 20.9. The van der Waals surface area contributed by atoms with E-state index in [0.29, 0.717) is 0 Å². The fourth-order valence-corrected chi connectivity index (χ4v) is 6.41. The van der Waals surface area contributed by atoms with Gasteiger partial charge in [0.25, 0.3) is 8.32 Å². The van der Waals surface area contributed by atoms with E-state index >= 15 is 0 Å². The lowest BCUT2D eigenvalue weighted by atomic mass is 10.1. The zero-order chi connectivity index (χ0) is 18.5. The van der Waals surface area contributed by atoms with E-state index in [1.165, 1.54) is 68.2 Å². The molecule has 2 rings (SSSR count). The van der Waals surface area contributed by atoms with E-state index in [-0.39, 0.29) is 0 Å². The summed E-state index contributed by atoms with van der Waals surface area (Å²) < 4.78 is 6.60. The summed E-state index contributed by atoms with van der Waals surface area (Å²) in [5.74, 6) is 0. The number of rotatable bonds is 13. The summed E-state index contributed by atoms with van der Waals surface area (Å²) in [5, 5.41) is 2.73. The fraction of sp³-hybridized carbons (Fsp3) is 0.500. The van der Waals surface area contributed by atoms with Gasteiger partial charge in [-0.1, -0.05) is 119 Å². The molecule has 0 saturated carbocycles. The molecule has 0 N–H and O–H groups in total. The largest absolute Gasteiger partial charge is 0.408 e. The minimum absolute atomic E-state index is 0.877. The maximum atomic E-state index is 6.60. The molecule has 0 amide bonds. The molecule has 0 aliphatic rings. The topological polar surface area (TPSA) is 9.23 Å². The van der Waals surface area contributed by atoms with Gasteiger partial charge in [0.2, 0.25) is 0 Å². The van der Waals surface area contributed by atoms with Gasteiger partial charge in [0.15, 0.2) is 0 Å². The van der Waals surface area contributed by atoms with Crippen molar-refractivity contribution in [1.82, 2.24) is 0 Å². The summed E-state index contributed by atoms with van der Waals surface area (Å²) in [6, 6.07) is 21.6. The molecule has 142 valence electrons. The van der Waals surface area contributed by atoms with Crippen LogP contribution in [0.1, 0.15) is 64.7 Å². The predicted octanol–water partition coefficient (Wildman–Crippen LogP) is 5.92. The van der Waals surface area contributed by atoms with Gasteiger partial charge in [0.05, 0.1) is 0 Å². The summed E-state index contributed by atoms with van der Waals surface area (Å²) >= 11 is 0. The van der Waals surface area contributed by atoms with Crippen molar-refractivity contribution < 1.29 is 4.43 Å². The van der Waals surface area contributed by atoms with E-state index in [2.05, 4.69) is 74.1 Å². The van der Waals surface area contributed by atoms with Crippen molar-refractivity contribution in [3.05, 3.63) is 60.7 Å². The molecule has 0 radical (unpaired) electrons. The van der Waals surface area contributed by atoms with Crippen LogP contribution < -0.4 is 10.4 Å². The van der Waals surface area contributed by atoms with E-state index in [9.17, 15) is 0 Å². The molecular formula is C24H36OSi. The lowest BCUT2D eigenvalue weighted by molar-refractivity contribution is 0.305. The molecular weight excluding hydrogens is 332 g/mol. The van der Waals surface area contributed by atoms with Crippen molar-refractivity contribution in [3.63, 3.8) is 0 Å². The molecule has 0 saturated heterocycles. The second-order valence-electron chi connectivity index (χ2n) is 7.44. The van der Waals surface area contributed by atoms with Gasteiger partial charge in [-0.3, -0.25) is 0 Å². The number of benzene rings is 2. The van der Waals surface area contributed by atoms with Gasteiger partial charge in [-0.25, -0.2) is 0 Å². The third-order valence-electron chi connectivity index (χ3n) is 5.29. The molecule has 0 bridgehead atoms. The molecule has 0 aromatic heterocycles. The van der Waals surface area contributed by atoms with Crippen LogP contribution in [-0.2, 0) is 4.43 Å². The molecule has 2 aromatic rings. The van der Waals surface area contributed by atoms with Gasteiger partial charge in [0, 0.05) is 6.61 Å². The Morgan fingerprint density at radius 3 is 1.50 bits per heavy atom. The van der Waals surface area contributed by atoms with Crippen LogP contribution in [0.5, 0.6) is 0 Å². The van der Waals surface area contributed by atoms with Crippen molar-refractivity contribution in [1.29, 1.82) is 0 Å². The summed E-state index contributed by atoms with van der Waals surface area (Å²) in [6.45, 7) is 5.50. The second-order valence-corrected chi connectivity index (χ2v) is 11.0. The first-order chi connectivity index (χ1) is 12.8. The third-order valence-corrected chi connectivity index (χ3v) is 8.94. The maximum Gasteiger partial charge on any atom is 0.252 e. The number of hydrogen-bond donors (Lipinski definition) is 0. The van der Waals surface area contributed by atoms with Crippen molar-refractivity contribution in [2.24, 2.45) is 0 Å². The van der Waals surface area contributed by atoms with E-state index in [0.717, 1.165) is 6.61 Å². The van der Waals surface area contributed by atoms with Gasteiger partial charge < -0.3 is 4.43 Å². The van der Waals surface area contributed by atoms with E-state index in [4.69, 9.17) is 4.43 Å². The molecule has 2 heteroatoms. The molecule has 1 nitrogen and oxygen atoms in total. The molecule has 0 aliphatic carbocycles. The number of hydrogen-bond acceptors (Lipinski definition) is 1. The highest BCUT2D eigenvalue weighted by Crippen LogP contribution is 2.12. The van der Waals surface area contributed by atoms with Crippen LogP contribution in [-0.4, -0.2) is 14.9 Å². The second kappa shape index (κ2) is 12.1. The van der Waals surface area contributed by atoms with Gasteiger partial charge in [-0.05, 0) is 23.3 Å². The number of unbranched alkanes of at least 4 members (excludes halogenated alkanes) is 8. The summed E-state index contributed by atoms with van der Waals surface area (Å²) in [6.07, 6.45) is 12.2. The zero-order valence-corrected chi connectivity index (χ0v) is 17.8. The standard InChI is InChI=1S/C24H36OSi/c1-3-4-5-6-7-8-9-10-17-22-25-26(2,23-18-13-11-14-19-23)24-20-15-12-16-21-24/h11-16,18-21H,3-10,17,22H2,1-2H3. The van der Waals surface area contributed by atoms with Gasteiger partial charge >= 0.3 is 0 Å². The average Bonchev–Trinajstić information content (AvgIpc) is 2.70. The van der Waals surface area contributed by atoms with Crippen LogP contribution in [0.15, 0.2) is 60.7 Å². The zero-order valence-electron chi connectivity index (χ0n) is 16.8. The molecule has 26 heavy (non-hydrogen) atoms. The highest BCUT2D eigenvalue weighted by atomic mass is 28.4. The smallest absolute Gasteiger partial charge is 0.252 e. The Balaban J connectivity index is 1.78. The summed E-state index contributed by atoms with van der Waals surface area (Å²) in [5.41, 5.74) is 0. The Kier molecular flexibility index (Phi) is 9.73.